The lowest BCUT2D eigenvalue weighted by molar-refractivity contribution is 0.745. The fourth-order valence-electron chi connectivity index (χ4n) is 0.859. The van der Waals surface area contributed by atoms with E-state index in [1.54, 1.807) is 0 Å². The molecule has 0 aromatic rings. The van der Waals surface area contributed by atoms with Crippen LogP contribution >= 0.6 is 0 Å². The van der Waals surface area contributed by atoms with Gasteiger partial charge in [-0.3, -0.25) is 0 Å². The molecule has 0 aromatic carbocycles. The number of aliphatic imine (C=N–C) groups is 1. The Morgan fingerprint density at radius 1 is 1.55 bits per heavy atom. The largest absolute Gasteiger partial charge is 0.370 e. The van der Waals surface area contributed by atoms with Crippen molar-refractivity contribution in [3.63, 3.8) is 0 Å². The van der Waals surface area contributed by atoms with Gasteiger partial charge in [-0.25, -0.2) is 4.99 Å². The van der Waals surface area contributed by atoms with Gasteiger partial charge in [0.05, 0.1) is 6.54 Å². The van der Waals surface area contributed by atoms with E-state index in [-0.39, 0.29) is 5.96 Å². The molecule has 0 radical (unpaired) electrons. The molecule has 3 nitrogen and oxygen atoms in total. The molecule has 0 aliphatic heterocycles. The highest BCUT2D eigenvalue weighted by Crippen LogP contribution is 2.46. The fourth-order valence-corrected chi connectivity index (χ4v) is 0.859. The molecule has 3 heteroatoms. The molecule has 1 fully saturated rings. The molecular formula is C8H15N3. The lowest BCUT2D eigenvalue weighted by Gasteiger charge is -1.95. The Labute approximate surface area is 67.2 Å². The van der Waals surface area contributed by atoms with Crippen LogP contribution in [0.4, 0.5) is 0 Å². The maximum Gasteiger partial charge on any atom is 0.186 e. The van der Waals surface area contributed by atoms with Gasteiger partial charge in [0, 0.05) is 0 Å². The highest BCUT2D eigenvalue weighted by molar-refractivity contribution is 5.75. The third-order valence-electron chi connectivity index (χ3n) is 1.94. The first kappa shape index (κ1) is 8.11. The summed E-state index contributed by atoms with van der Waals surface area (Å²) in [6.07, 6.45) is 6.81. The van der Waals surface area contributed by atoms with E-state index in [9.17, 15) is 0 Å². The summed E-state index contributed by atoms with van der Waals surface area (Å²) >= 11 is 0. The SMILES string of the molecule is CC1(/C=C/CN=C(N)N)CC1. The number of hydrogen-bond acceptors (Lipinski definition) is 1. The van der Waals surface area contributed by atoms with Gasteiger partial charge in [0.2, 0.25) is 0 Å². The fraction of sp³-hybridized carbons (Fsp3) is 0.625. The molecule has 1 aliphatic carbocycles. The van der Waals surface area contributed by atoms with E-state index in [1.165, 1.54) is 12.8 Å². The Bertz CT molecular complexity index is 186. The van der Waals surface area contributed by atoms with Crippen LogP contribution < -0.4 is 11.5 Å². The van der Waals surface area contributed by atoms with Crippen molar-refractivity contribution in [3.8, 4) is 0 Å². The summed E-state index contributed by atoms with van der Waals surface area (Å²) in [6, 6.07) is 0. The summed E-state index contributed by atoms with van der Waals surface area (Å²) in [5.74, 6) is 0.163. The summed E-state index contributed by atoms with van der Waals surface area (Å²) in [5, 5.41) is 0. The van der Waals surface area contributed by atoms with Crippen molar-refractivity contribution in [2.45, 2.75) is 19.8 Å². The monoisotopic (exact) mass is 153 g/mol. The predicted molar refractivity (Wildman–Crippen MR) is 47.2 cm³/mol. The summed E-state index contributed by atoms with van der Waals surface area (Å²) in [4.78, 5) is 3.84. The molecule has 0 heterocycles. The molecule has 0 aromatic heterocycles. The zero-order valence-electron chi connectivity index (χ0n) is 6.88. The summed E-state index contributed by atoms with van der Waals surface area (Å²) < 4.78 is 0. The molecule has 0 amide bonds. The van der Waals surface area contributed by atoms with Crippen molar-refractivity contribution in [3.05, 3.63) is 12.2 Å². The summed E-state index contributed by atoms with van der Waals surface area (Å²) in [7, 11) is 0. The van der Waals surface area contributed by atoms with Crippen LogP contribution in [0.15, 0.2) is 17.1 Å². The Hall–Kier alpha value is -0.990. The number of rotatable bonds is 3. The minimum absolute atomic E-state index is 0.163. The van der Waals surface area contributed by atoms with E-state index in [1.807, 2.05) is 6.08 Å². The molecule has 1 rings (SSSR count). The Morgan fingerprint density at radius 3 is 2.64 bits per heavy atom. The van der Waals surface area contributed by atoms with Crippen molar-refractivity contribution in [1.82, 2.24) is 0 Å². The maximum atomic E-state index is 5.15. The zero-order valence-corrected chi connectivity index (χ0v) is 6.88. The molecule has 4 N–H and O–H groups in total. The lowest BCUT2D eigenvalue weighted by Crippen LogP contribution is -2.22. The van der Waals surface area contributed by atoms with Gasteiger partial charge >= 0.3 is 0 Å². The second kappa shape index (κ2) is 2.95. The van der Waals surface area contributed by atoms with E-state index in [4.69, 9.17) is 11.5 Å². The Kier molecular flexibility index (Phi) is 2.17. The van der Waals surface area contributed by atoms with Crippen molar-refractivity contribution in [2.75, 3.05) is 6.54 Å². The van der Waals surface area contributed by atoms with E-state index < -0.39 is 0 Å². The maximum absolute atomic E-state index is 5.15. The van der Waals surface area contributed by atoms with Crippen LogP contribution in [0.5, 0.6) is 0 Å². The number of hydrogen-bond donors (Lipinski definition) is 2. The van der Waals surface area contributed by atoms with Crippen molar-refractivity contribution in [1.29, 1.82) is 0 Å². The average Bonchev–Trinajstić information content (AvgIpc) is 2.62. The van der Waals surface area contributed by atoms with Gasteiger partial charge in [0.1, 0.15) is 0 Å². The van der Waals surface area contributed by atoms with Gasteiger partial charge < -0.3 is 11.5 Å². The minimum atomic E-state index is 0.163. The van der Waals surface area contributed by atoms with Crippen LogP contribution in [0.2, 0.25) is 0 Å². The first-order valence-corrected chi connectivity index (χ1v) is 3.85. The van der Waals surface area contributed by atoms with Crippen LogP contribution in [0.25, 0.3) is 0 Å². The van der Waals surface area contributed by atoms with E-state index in [0.29, 0.717) is 12.0 Å². The quantitative estimate of drug-likeness (QED) is 0.354. The third-order valence-corrected chi connectivity index (χ3v) is 1.94. The Morgan fingerprint density at radius 2 is 2.18 bits per heavy atom. The zero-order chi connectivity index (χ0) is 8.32. The van der Waals surface area contributed by atoms with Gasteiger partial charge in [-0.05, 0) is 18.3 Å². The minimum Gasteiger partial charge on any atom is -0.370 e. The van der Waals surface area contributed by atoms with Crippen LogP contribution in [0.3, 0.4) is 0 Å². The average molecular weight is 153 g/mol. The topological polar surface area (TPSA) is 64.4 Å². The molecule has 1 saturated carbocycles. The second-order valence-electron chi connectivity index (χ2n) is 3.32. The van der Waals surface area contributed by atoms with Crippen LogP contribution in [0, 0.1) is 5.41 Å². The molecule has 1 aliphatic rings. The lowest BCUT2D eigenvalue weighted by atomic mass is 10.1. The predicted octanol–water partition coefficient (Wildman–Crippen LogP) is 0.616. The number of guanidine groups is 1. The molecule has 0 spiro atoms. The molecule has 0 bridgehead atoms. The molecular weight excluding hydrogens is 138 g/mol. The van der Waals surface area contributed by atoms with Crippen molar-refractivity contribution >= 4 is 5.96 Å². The molecule has 0 saturated heterocycles. The van der Waals surface area contributed by atoms with Gasteiger partial charge in [-0.1, -0.05) is 19.1 Å². The van der Waals surface area contributed by atoms with Crippen LogP contribution in [-0.2, 0) is 0 Å². The van der Waals surface area contributed by atoms with E-state index >= 15 is 0 Å². The summed E-state index contributed by atoms with van der Waals surface area (Å²) in [5.41, 5.74) is 10.8. The normalized spacial score (nSPS) is 20.1. The van der Waals surface area contributed by atoms with Crippen LogP contribution in [-0.4, -0.2) is 12.5 Å². The summed E-state index contributed by atoms with van der Waals surface area (Å²) in [6.45, 7) is 2.84. The molecule has 0 unspecified atom stereocenters. The van der Waals surface area contributed by atoms with Crippen molar-refractivity contribution < 1.29 is 0 Å². The Balaban J connectivity index is 2.21. The second-order valence-corrected chi connectivity index (χ2v) is 3.32. The molecule has 62 valence electrons. The van der Waals surface area contributed by atoms with Crippen LogP contribution in [0.1, 0.15) is 19.8 Å². The first-order valence-electron chi connectivity index (χ1n) is 3.85. The number of allylic oxidation sites excluding steroid dienone is 1. The number of nitrogens with two attached hydrogens (primary N) is 2. The highest BCUT2D eigenvalue weighted by Gasteiger charge is 2.33. The van der Waals surface area contributed by atoms with E-state index in [2.05, 4.69) is 18.0 Å². The molecule has 11 heavy (non-hydrogen) atoms. The standard InChI is InChI=1S/C8H15N3/c1-8(4-5-8)3-2-6-11-7(9)10/h2-3H,4-6H2,1H3,(H4,9,10,11)/b3-2+. The van der Waals surface area contributed by atoms with Gasteiger partial charge in [-0.2, -0.15) is 0 Å². The third kappa shape index (κ3) is 3.07. The molecule has 0 atom stereocenters. The smallest absolute Gasteiger partial charge is 0.186 e. The van der Waals surface area contributed by atoms with E-state index in [0.717, 1.165) is 0 Å². The number of nitrogens with zero attached hydrogens (tertiary/aromatic N) is 1. The van der Waals surface area contributed by atoms with Gasteiger partial charge in [0.15, 0.2) is 5.96 Å². The van der Waals surface area contributed by atoms with Crippen molar-refractivity contribution in [2.24, 2.45) is 21.9 Å². The first-order chi connectivity index (χ1) is 5.12. The van der Waals surface area contributed by atoms with Gasteiger partial charge in [0.25, 0.3) is 0 Å². The highest BCUT2D eigenvalue weighted by atomic mass is 15.0. The van der Waals surface area contributed by atoms with Gasteiger partial charge in [-0.15, -0.1) is 0 Å².